The molecule has 2 unspecified atom stereocenters. The van der Waals surface area contributed by atoms with E-state index in [0.29, 0.717) is 11.3 Å². The second-order valence-electron chi connectivity index (χ2n) is 3.70. The normalized spacial score (nSPS) is 14.1. The first-order valence-corrected chi connectivity index (χ1v) is 5.49. The Morgan fingerprint density at radius 3 is 2.82 bits per heavy atom. The monoisotopic (exact) mass is 239 g/mol. The number of ether oxygens (including phenoxy) is 1. The molecule has 0 fully saturated rings. The second kappa shape index (κ2) is 6.32. The number of aryl methyl sites for hydroxylation is 1. The Morgan fingerprint density at radius 2 is 2.24 bits per heavy atom. The van der Waals surface area contributed by atoms with E-state index in [-0.39, 0.29) is 13.0 Å². The topological polar surface area (TPSA) is 79.7 Å². The molecule has 1 aromatic rings. The van der Waals surface area contributed by atoms with Crippen LogP contribution in [0.3, 0.4) is 0 Å². The third kappa shape index (κ3) is 3.80. The van der Waals surface area contributed by atoms with Gasteiger partial charge in [0.25, 0.3) is 0 Å². The van der Waals surface area contributed by atoms with Crippen LogP contribution in [0, 0.1) is 6.92 Å². The lowest BCUT2D eigenvalue weighted by Crippen LogP contribution is -2.23. The largest absolute Gasteiger partial charge is 0.466 e. The molecule has 1 rings (SSSR count). The van der Waals surface area contributed by atoms with Gasteiger partial charge in [0.1, 0.15) is 6.10 Å². The van der Waals surface area contributed by atoms with Crippen molar-refractivity contribution in [3.05, 3.63) is 29.6 Å². The number of aliphatic hydroxyl groups excluding tert-OH is 2. The lowest BCUT2D eigenvalue weighted by atomic mass is 10.0. The van der Waals surface area contributed by atoms with Crippen LogP contribution >= 0.6 is 0 Å². The molecule has 0 saturated heterocycles. The molecule has 5 heteroatoms. The summed E-state index contributed by atoms with van der Waals surface area (Å²) < 4.78 is 4.70. The fourth-order valence-corrected chi connectivity index (χ4v) is 1.52. The fourth-order valence-electron chi connectivity index (χ4n) is 1.52. The van der Waals surface area contributed by atoms with Crippen molar-refractivity contribution < 1.29 is 19.7 Å². The van der Waals surface area contributed by atoms with Crippen molar-refractivity contribution in [2.24, 2.45) is 0 Å². The van der Waals surface area contributed by atoms with Gasteiger partial charge < -0.3 is 14.9 Å². The predicted molar refractivity (Wildman–Crippen MR) is 61.2 cm³/mol. The Labute approximate surface area is 100 Å². The average Bonchev–Trinajstić information content (AvgIpc) is 2.29. The SMILES string of the molecule is CCOC(=O)CC(O)C(O)c1cccnc1C. The number of rotatable bonds is 5. The van der Waals surface area contributed by atoms with Crippen LogP contribution in [0.15, 0.2) is 18.3 Å². The predicted octanol–water partition coefficient (Wildman–Crippen LogP) is 0.738. The minimum atomic E-state index is -1.18. The molecule has 0 saturated carbocycles. The fraction of sp³-hybridized carbons (Fsp3) is 0.500. The van der Waals surface area contributed by atoms with Gasteiger partial charge in [-0.15, -0.1) is 0 Å². The molecule has 0 aliphatic heterocycles. The van der Waals surface area contributed by atoms with Gasteiger partial charge in [-0.1, -0.05) is 6.07 Å². The van der Waals surface area contributed by atoms with Crippen molar-refractivity contribution in [3.63, 3.8) is 0 Å². The van der Waals surface area contributed by atoms with E-state index in [1.807, 2.05) is 0 Å². The van der Waals surface area contributed by atoms with Crippen molar-refractivity contribution in [1.82, 2.24) is 4.98 Å². The van der Waals surface area contributed by atoms with Gasteiger partial charge in [-0.3, -0.25) is 9.78 Å². The second-order valence-corrected chi connectivity index (χ2v) is 3.70. The lowest BCUT2D eigenvalue weighted by Gasteiger charge is -2.18. The van der Waals surface area contributed by atoms with Gasteiger partial charge >= 0.3 is 5.97 Å². The molecular formula is C12H17NO4. The summed E-state index contributed by atoms with van der Waals surface area (Å²) >= 11 is 0. The Bertz CT molecular complexity index is 381. The molecule has 0 aliphatic carbocycles. The highest BCUT2D eigenvalue weighted by Crippen LogP contribution is 2.21. The first-order chi connectivity index (χ1) is 8.06. The first-order valence-electron chi connectivity index (χ1n) is 5.49. The molecule has 0 amide bonds. The van der Waals surface area contributed by atoms with Crippen LogP contribution in [0.1, 0.15) is 30.7 Å². The maximum Gasteiger partial charge on any atom is 0.308 e. The Kier molecular flexibility index (Phi) is 5.06. The van der Waals surface area contributed by atoms with Gasteiger partial charge in [0.05, 0.1) is 19.1 Å². The highest BCUT2D eigenvalue weighted by molar-refractivity contribution is 5.70. The number of hydrogen-bond acceptors (Lipinski definition) is 5. The summed E-state index contributed by atoms with van der Waals surface area (Å²) in [6.45, 7) is 3.68. The molecule has 0 bridgehead atoms. The summed E-state index contributed by atoms with van der Waals surface area (Å²) in [7, 11) is 0. The molecule has 1 heterocycles. The zero-order valence-electron chi connectivity index (χ0n) is 9.96. The van der Waals surface area contributed by atoms with Gasteiger partial charge in [0.2, 0.25) is 0 Å². The molecule has 5 nitrogen and oxygen atoms in total. The summed E-state index contributed by atoms with van der Waals surface area (Å²) in [5, 5.41) is 19.6. The number of aliphatic hydroxyl groups is 2. The average molecular weight is 239 g/mol. The van der Waals surface area contributed by atoms with E-state index in [9.17, 15) is 15.0 Å². The minimum Gasteiger partial charge on any atom is -0.466 e. The Balaban J connectivity index is 2.67. The molecule has 1 aromatic heterocycles. The molecule has 2 N–H and O–H groups in total. The molecule has 94 valence electrons. The van der Waals surface area contributed by atoms with Crippen LogP contribution in [0.4, 0.5) is 0 Å². The van der Waals surface area contributed by atoms with Gasteiger partial charge in [0.15, 0.2) is 0 Å². The van der Waals surface area contributed by atoms with Crippen LogP contribution in [0.2, 0.25) is 0 Å². The van der Waals surface area contributed by atoms with Gasteiger partial charge in [-0.05, 0) is 19.9 Å². The Hall–Kier alpha value is -1.46. The zero-order chi connectivity index (χ0) is 12.8. The molecule has 17 heavy (non-hydrogen) atoms. The van der Waals surface area contributed by atoms with E-state index in [1.165, 1.54) is 0 Å². The third-order valence-electron chi connectivity index (χ3n) is 2.41. The molecule has 0 aromatic carbocycles. The van der Waals surface area contributed by atoms with Gasteiger partial charge in [0, 0.05) is 17.5 Å². The van der Waals surface area contributed by atoms with Crippen molar-refractivity contribution in [2.75, 3.05) is 6.61 Å². The summed E-state index contributed by atoms with van der Waals surface area (Å²) in [6.07, 6.45) is -0.947. The van der Waals surface area contributed by atoms with Crippen LogP contribution in [0.5, 0.6) is 0 Å². The number of nitrogens with zero attached hydrogens (tertiary/aromatic N) is 1. The number of hydrogen-bond donors (Lipinski definition) is 2. The van der Waals surface area contributed by atoms with Crippen molar-refractivity contribution in [3.8, 4) is 0 Å². The third-order valence-corrected chi connectivity index (χ3v) is 2.41. The van der Waals surface area contributed by atoms with Crippen LogP contribution in [0.25, 0.3) is 0 Å². The van der Waals surface area contributed by atoms with Crippen molar-refractivity contribution in [1.29, 1.82) is 0 Å². The molecule has 0 radical (unpaired) electrons. The number of carbonyl (C=O) groups excluding carboxylic acids is 1. The molecule has 2 atom stereocenters. The zero-order valence-corrected chi connectivity index (χ0v) is 9.96. The maximum absolute atomic E-state index is 11.2. The smallest absolute Gasteiger partial charge is 0.308 e. The van der Waals surface area contributed by atoms with Crippen molar-refractivity contribution in [2.45, 2.75) is 32.5 Å². The quantitative estimate of drug-likeness (QED) is 0.741. The number of pyridine rings is 1. The standard InChI is InChI=1S/C12H17NO4/c1-3-17-11(15)7-10(14)12(16)9-5-4-6-13-8(9)2/h4-6,10,12,14,16H,3,7H2,1-2H3. The highest BCUT2D eigenvalue weighted by atomic mass is 16.5. The summed E-state index contributed by atoms with van der Waals surface area (Å²) in [6, 6.07) is 3.34. The van der Waals surface area contributed by atoms with Crippen LogP contribution < -0.4 is 0 Å². The molecular weight excluding hydrogens is 222 g/mol. The highest BCUT2D eigenvalue weighted by Gasteiger charge is 2.23. The number of carbonyl (C=O) groups is 1. The van der Waals surface area contributed by atoms with E-state index in [4.69, 9.17) is 4.74 Å². The lowest BCUT2D eigenvalue weighted by molar-refractivity contribution is -0.147. The van der Waals surface area contributed by atoms with E-state index < -0.39 is 18.2 Å². The minimum absolute atomic E-state index is 0.233. The first kappa shape index (κ1) is 13.6. The van der Waals surface area contributed by atoms with E-state index in [1.54, 1.807) is 32.2 Å². The maximum atomic E-state index is 11.2. The molecule has 0 spiro atoms. The summed E-state index contributed by atoms with van der Waals surface area (Å²) in [4.78, 5) is 15.2. The van der Waals surface area contributed by atoms with Gasteiger partial charge in [-0.2, -0.15) is 0 Å². The molecule has 0 aliphatic rings. The van der Waals surface area contributed by atoms with E-state index in [0.717, 1.165) is 0 Å². The van der Waals surface area contributed by atoms with Gasteiger partial charge in [-0.25, -0.2) is 0 Å². The summed E-state index contributed by atoms with van der Waals surface area (Å²) in [5.41, 5.74) is 1.15. The van der Waals surface area contributed by atoms with Crippen molar-refractivity contribution >= 4 is 5.97 Å². The van der Waals surface area contributed by atoms with E-state index >= 15 is 0 Å². The van der Waals surface area contributed by atoms with E-state index in [2.05, 4.69) is 4.98 Å². The number of esters is 1. The van der Waals surface area contributed by atoms with Crippen LogP contribution in [-0.2, 0) is 9.53 Å². The van der Waals surface area contributed by atoms with Crippen LogP contribution in [-0.4, -0.2) is 33.9 Å². The number of aromatic nitrogens is 1. The summed E-state index contributed by atoms with van der Waals surface area (Å²) in [5.74, 6) is -0.527. The Morgan fingerprint density at radius 1 is 1.53 bits per heavy atom.